The van der Waals surface area contributed by atoms with Crippen molar-refractivity contribution >= 4 is 12.0 Å². The number of hydrogen-bond donors (Lipinski definition) is 2. The molecule has 0 spiro atoms. The van der Waals surface area contributed by atoms with Crippen LogP contribution in [0.1, 0.15) is 18.5 Å². The van der Waals surface area contributed by atoms with Gasteiger partial charge in [0, 0.05) is 26.2 Å². The molecule has 0 radical (unpaired) electrons. The van der Waals surface area contributed by atoms with E-state index in [1.165, 1.54) is 4.90 Å². The highest BCUT2D eigenvalue weighted by molar-refractivity contribution is 5.73. The number of pyridine rings is 1. The van der Waals surface area contributed by atoms with Gasteiger partial charge < -0.3 is 15.3 Å². The van der Waals surface area contributed by atoms with Gasteiger partial charge in [0.1, 0.15) is 0 Å². The van der Waals surface area contributed by atoms with Crippen LogP contribution in [-0.2, 0) is 11.3 Å². The Labute approximate surface area is 106 Å². The first-order valence-electron chi connectivity index (χ1n) is 5.70. The van der Waals surface area contributed by atoms with E-state index in [0.29, 0.717) is 19.5 Å². The topological polar surface area (TPSA) is 82.5 Å². The number of carboxylic acid groups (broad SMARTS) is 1. The molecule has 0 saturated carbocycles. The number of carbonyl (C=O) groups excluding carboxylic acids is 1. The molecule has 98 valence electrons. The van der Waals surface area contributed by atoms with Gasteiger partial charge in [-0.25, -0.2) is 4.79 Å². The second-order valence-electron chi connectivity index (χ2n) is 3.91. The van der Waals surface area contributed by atoms with Crippen molar-refractivity contribution in [3.8, 4) is 0 Å². The van der Waals surface area contributed by atoms with E-state index in [1.807, 2.05) is 18.2 Å². The van der Waals surface area contributed by atoms with Gasteiger partial charge in [0.05, 0.1) is 12.2 Å². The summed E-state index contributed by atoms with van der Waals surface area (Å²) in [5.74, 6) is -0.855. The van der Waals surface area contributed by atoms with Crippen molar-refractivity contribution in [1.82, 2.24) is 15.2 Å². The molecule has 0 fully saturated rings. The average molecular weight is 251 g/mol. The number of nitrogens with one attached hydrogen (secondary N) is 1. The molecule has 0 saturated heterocycles. The van der Waals surface area contributed by atoms with Crippen LogP contribution in [0.25, 0.3) is 0 Å². The van der Waals surface area contributed by atoms with Crippen LogP contribution < -0.4 is 5.32 Å². The molecule has 2 N–H and O–H groups in total. The number of carboxylic acids is 1. The van der Waals surface area contributed by atoms with Gasteiger partial charge in [0.15, 0.2) is 0 Å². The lowest BCUT2D eigenvalue weighted by Gasteiger charge is -2.17. The summed E-state index contributed by atoms with van der Waals surface area (Å²) in [6.07, 6.45) is 2.16. The average Bonchev–Trinajstić information content (AvgIpc) is 2.35. The van der Waals surface area contributed by atoms with E-state index in [0.717, 1.165) is 5.69 Å². The van der Waals surface area contributed by atoms with Crippen molar-refractivity contribution < 1.29 is 14.7 Å². The maximum atomic E-state index is 11.6. The van der Waals surface area contributed by atoms with E-state index in [1.54, 1.807) is 13.2 Å². The number of aliphatic carboxylic acids is 1. The molecular weight excluding hydrogens is 234 g/mol. The van der Waals surface area contributed by atoms with Crippen LogP contribution in [0.4, 0.5) is 4.79 Å². The lowest BCUT2D eigenvalue weighted by atomic mass is 10.3. The number of nitrogens with zero attached hydrogens (tertiary/aromatic N) is 2. The highest BCUT2D eigenvalue weighted by Gasteiger charge is 2.08. The largest absolute Gasteiger partial charge is 0.481 e. The van der Waals surface area contributed by atoms with Crippen LogP contribution in [0.2, 0.25) is 0 Å². The van der Waals surface area contributed by atoms with Crippen LogP contribution in [0, 0.1) is 0 Å². The molecule has 6 heteroatoms. The van der Waals surface area contributed by atoms with E-state index < -0.39 is 5.97 Å². The van der Waals surface area contributed by atoms with Crippen molar-refractivity contribution in [2.45, 2.75) is 19.4 Å². The fraction of sp³-hybridized carbons (Fsp3) is 0.417. The molecule has 2 amide bonds. The number of hydrogen-bond acceptors (Lipinski definition) is 3. The van der Waals surface area contributed by atoms with Crippen LogP contribution in [0.15, 0.2) is 24.4 Å². The Hall–Kier alpha value is -2.11. The van der Waals surface area contributed by atoms with Gasteiger partial charge in [-0.2, -0.15) is 0 Å². The minimum absolute atomic E-state index is 0.0598. The molecule has 0 bridgehead atoms. The molecule has 6 nitrogen and oxygen atoms in total. The van der Waals surface area contributed by atoms with Gasteiger partial charge >= 0.3 is 12.0 Å². The van der Waals surface area contributed by atoms with Gasteiger partial charge in [-0.3, -0.25) is 9.78 Å². The van der Waals surface area contributed by atoms with Crippen LogP contribution in [0.3, 0.4) is 0 Å². The Morgan fingerprint density at radius 2 is 2.22 bits per heavy atom. The number of urea groups is 1. The summed E-state index contributed by atoms with van der Waals surface area (Å²) in [5.41, 5.74) is 0.806. The zero-order valence-electron chi connectivity index (χ0n) is 10.3. The summed E-state index contributed by atoms with van der Waals surface area (Å²) in [6.45, 7) is 0.781. The van der Waals surface area contributed by atoms with E-state index >= 15 is 0 Å². The molecule has 0 aliphatic carbocycles. The van der Waals surface area contributed by atoms with Gasteiger partial charge in [-0.05, 0) is 18.6 Å². The van der Waals surface area contributed by atoms with E-state index in [-0.39, 0.29) is 12.5 Å². The summed E-state index contributed by atoms with van der Waals surface area (Å²) in [4.78, 5) is 27.5. The second kappa shape index (κ2) is 7.26. The Morgan fingerprint density at radius 1 is 1.44 bits per heavy atom. The Bertz CT molecular complexity index is 395. The minimum Gasteiger partial charge on any atom is -0.481 e. The maximum Gasteiger partial charge on any atom is 0.317 e. The predicted octanol–water partition coefficient (Wildman–Crippen LogP) is 1.09. The normalized spacial score (nSPS) is 9.83. The monoisotopic (exact) mass is 251 g/mol. The van der Waals surface area contributed by atoms with Crippen molar-refractivity contribution in [3.05, 3.63) is 30.1 Å². The minimum atomic E-state index is -0.855. The fourth-order valence-corrected chi connectivity index (χ4v) is 1.38. The quantitative estimate of drug-likeness (QED) is 0.741. The van der Waals surface area contributed by atoms with Gasteiger partial charge in [-0.1, -0.05) is 6.07 Å². The predicted molar refractivity (Wildman–Crippen MR) is 66.0 cm³/mol. The number of amides is 2. The molecule has 0 aliphatic rings. The first-order chi connectivity index (χ1) is 8.59. The van der Waals surface area contributed by atoms with Gasteiger partial charge in [0.25, 0.3) is 0 Å². The summed E-state index contributed by atoms with van der Waals surface area (Å²) < 4.78 is 0. The zero-order valence-corrected chi connectivity index (χ0v) is 10.3. The Balaban J connectivity index is 2.27. The molecular formula is C12H17N3O3. The summed E-state index contributed by atoms with van der Waals surface area (Å²) in [7, 11) is 1.67. The van der Waals surface area contributed by atoms with E-state index in [2.05, 4.69) is 10.3 Å². The third-order valence-electron chi connectivity index (χ3n) is 2.32. The standard InChI is InChI=1S/C12H17N3O3/c1-15(9-10-5-2-3-7-13-10)12(18)14-8-4-6-11(16)17/h2-3,5,7H,4,6,8-9H2,1H3,(H,14,18)(H,16,17). The van der Waals surface area contributed by atoms with Crippen LogP contribution >= 0.6 is 0 Å². The molecule has 18 heavy (non-hydrogen) atoms. The zero-order chi connectivity index (χ0) is 13.4. The molecule has 1 heterocycles. The first kappa shape index (κ1) is 14.0. The van der Waals surface area contributed by atoms with Crippen LogP contribution in [0.5, 0.6) is 0 Å². The van der Waals surface area contributed by atoms with Crippen molar-refractivity contribution in [2.75, 3.05) is 13.6 Å². The number of rotatable bonds is 6. The van der Waals surface area contributed by atoms with E-state index in [9.17, 15) is 9.59 Å². The van der Waals surface area contributed by atoms with Crippen molar-refractivity contribution in [3.63, 3.8) is 0 Å². The molecule has 1 aromatic rings. The second-order valence-corrected chi connectivity index (χ2v) is 3.91. The fourth-order valence-electron chi connectivity index (χ4n) is 1.38. The SMILES string of the molecule is CN(Cc1ccccn1)C(=O)NCCCC(=O)O. The Kier molecular flexibility index (Phi) is 5.63. The third-order valence-corrected chi connectivity index (χ3v) is 2.32. The Morgan fingerprint density at radius 3 is 2.83 bits per heavy atom. The molecule has 1 rings (SSSR count). The molecule has 0 aromatic carbocycles. The van der Waals surface area contributed by atoms with Crippen molar-refractivity contribution in [2.24, 2.45) is 0 Å². The summed E-state index contributed by atoms with van der Waals surface area (Å²) in [5, 5.41) is 11.1. The van der Waals surface area contributed by atoms with Crippen LogP contribution in [-0.4, -0.2) is 40.6 Å². The lowest BCUT2D eigenvalue weighted by molar-refractivity contribution is -0.137. The molecule has 0 unspecified atom stereocenters. The number of aromatic nitrogens is 1. The molecule has 0 aliphatic heterocycles. The molecule has 1 aromatic heterocycles. The van der Waals surface area contributed by atoms with Crippen molar-refractivity contribution in [1.29, 1.82) is 0 Å². The maximum absolute atomic E-state index is 11.6. The first-order valence-corrected chi connectivity index (χ1v) is 5.70. The van der Waals surface area contributed by atoms with Gasteiger partial charge in [0.2, 0.25) is 0 Å². The third kappa shape index (κ3) is 5.29. The van der Waals surface area contributed by atoms with E-state index in [4.69, 9.17) is 5.11 Å². The smallest absolute Gasteiger partial charge is 0.317 e. The summed E-state index contributed by atoms with van der Waals surface area (Å²) in [6, 6.07) is 5.29. The highest BCUT2D eigenvalue weighted by Crippen LogP contribution is 1.98. The van der Waals surface area contributed by atoms with Gasteiger partial charge in [-0.15, -0.1) is 0 Å². The number of carbonyl (C=O) groups is 2. The lowest BCUT2D eigenvalue weighted by Crippen LogP contribution is -2.37. The highest BCUT2D eigenvalue weighted by atomic mass is 16.4. The summed E-state index contributed by atoms with van der Waals surface area (Å²) >= 11 is 0. The molecule has 0 atom stereocenters.